The first kappa shape index (κ1) is 17.1. The molecule has 0 aromatic heterocycles. The molecule has 1 aliphatic heterocycles. The van der Waals surface area contributed by atoms with Crippen LogP contribution in [0.3, 0.4) is 0 Å². The number of carbonyl (C=O) groups is 1. The van der Waals surface area contributed by atoms with E-state index < -0.39 is 0 Å². The highest BCUT2D eigenvalue weighted by Gasteiger charge is 2.19. The van der Waals surface area contributed by atoms with Crippen molar-refractivity contribution in [2.24, 2.45) is 0 Å². The zero-order valence-corrected chi connectivity index (χ0v) is 14.7. The SMILES string of the molecule is COc1cccc(OC)c1C(=O)NCCCN1CCc2ccccc21. The van der Waals surface area contributed by atoms with Crippen LogP contribution in [0.1, 0.15) is 22.3 Å². The molecule has 1 amide bonds. The van der Waals surface area contributed by atoms with Crippen molar-refractivity contribution < 1.29 is 14.3 Å². The molecule has 25 heavy (non-hydrogen) atoms. The molecule has 0 unspecified atom stereocenters. The number of rotatable bonds is 7. The first-order valence-corrected chi connectivity index (χ1v) is 8.56. The molecule has 0 fully saturated rings. The summed E-state index contributed by atoms with van der Waals surface area (Å²) in [5, 5.41) is 2.97. The summed E-state index contributed by atoms with van der Waals surface area (Å²) in [7, 11) is 3.10. The van der Waals surface area contributed by atoms with Crippen LogP contribution in [0.25, 0.3) is 0 Å². The molecule has 2 aromatic carbocycles. The summed E-state index contributed by atoms with van der Waals surface area (Å²) in [5.74, 6) is 0.867. The number of anilines is 1. The normalized spacial score (nSPS) is 12.6. The second-order valence-corrected chi connectivity index (χ2v) is 6.01. The van der Waals surface area contributed by atoms with E-state index in [1.165, 1.54) is 11.3 Å². The predicted octanol–water partition coefficient (Wildman–Crippen LogP) is 2.89. The molecule has 1 aliphatic rings. The van der Waals surface area contributed by atoms with E-state index in [1.807, 2.05) is 0 Å². The predicted molar refractivity (Wildman–Crippen MR) is 98.9 cm³/mol. The van der Waals surface area contributed by atoms with Gasteiger partial charge in [0.2, 0.25) is 0 Å². The molecule has 0 bridgehead atoms. The molecule has 0 atom stereocenters. The van der Waals surface area contributed by atoms with Crippen LogP contribution >= 0.6 is 0 Å². The lowest BCUT2D eigenvalue weighted by Crippen LogP contribution is -2.29. The number of ether oxygens (including phenoxy) is 2. The molecule has 0 saturated carbocycles. The second-order valence-electron chi connectivity index (χ2n) is 6.01. The Kier molecular flexibility index (Phi) is 5.43. The number of para-hydroxylation sites is 1. The van der Waals surface area contributed by atoms with Crippen molar-refractivity contribution in [3.8, 4) is 11.5 Å². The maximum atomic E-state index is 12.5. The highest BCUT2D eigenvalue weighted by Crippen LogP contribution is 2.28. The molecule has 0 saturated heterocycles. The van der Waals surface area contributed by atoms with Gasteiger partial charge in [-0.05, 0) is 36.6 Å². The minimum absolute atomic E-state index is 0.170. The molecule has 0 radical (unpaired) electrons. The summed E-state index contributed by atoms with van der Waals surface area (Å²) in [4.78, 5) is 14.9. The molecule has 5 nitrogen and oxygen atoms in total. The van der Waals surface area contributed by atoms with Crippen molar-refractivity contribution >= 4 is 11.6 Å². The fourth-order valence-electron chi connectivity index (χ4n) is 3.27. The summed E-state index contributed by atoms with van der Waals surface area (Å²) in [6.45, 7) is 2.59. The molecule has 5 heteroatoms. The largest absolute Gasteiger partial charge is 0.496 e. The van der Waals surface area contributed by atoms with E-state index in [1.54, 1.807) is 32.4 Å². The maximum absolute atomic E-state index is 12.5. The lowest BCUT2D eigenvalue weighted by Gasteiger charge is -2.19. The van der Waals surface area contributed by atoms with Crippen LogP contribution in [0, 0.1) is 0 Å². The molecule has 0 aliphatic carbocycles. The molecule has 2 aromatic rings. The summed E-state index contributed by atoms with van der Waals surface area (Å²) in [6, 6.07) is 13.8. The lowest BCUT2D eigenvalue weighted by atomic mass is 10.1. The molecular formula is C20H24N2O3. The number of fused-ring (bicyclic) bond motifs is 1. The van der Waals surface area contributed by atoms with E-state index in [0.29, 0.717) is 23.6 Å². The quantitative estimate of drug-likeness (QED) is 0.788. The maximum Gasteiger partial charge on any atom is 0.258 e. The van der Waals surface area contributed by atoms with Gasteiger partial charge in [0, 0.05) is 25.3 Å². The summed E-state index contributed by atoms with van der Waals surface area (Å²) in [5.41, 5.74) is 3.17. The molecule has 3 rings (SSSR count). The second kappa shape index (κ2) is 7.92. The van der Waals surface area contributed by atoms with Gasteiger partial charge < -0.3 is 19.7 Å². The van der Waals surface area contributed by atoms with Gasteiger partial charge in [-0.1, -0.05) is 24.3 Å². The Morgan fingerprint density at radius 2 is 1.80 bits per heavy atom. The van der Waals surface area contributed by atoms with Gasteiger partial charge in [-0.2, -0.15) is 0 Å². The first-order chi connectivity index (χ1) is 12.2. The van der Waals surface area contributed by atoms with Crippen molar-refractivity contribution in [1.29, 1.82) is 0 Å². The number of nitrogens with zero attached hydrogens (tertiary/aromatic N) is 1. The van der Waals surface area contributed by atoms with Gasteiger partial charge >= 0.3 is 0 Å². The Labute approximate surface area is 148 Å². The van der Waals surface area contributed by atoms with Crippen molar-refractivity contribution in [2.75, 3.05) is 38.8 Å². The van der Waals surface area contributed by atoms with Gasteiger partial charge in [0.25, 0.3) is 5.91 Å². The number of hydrogen-bond donors (Lipinski definition) is 1. The van der Waals surface area contributed by atoms with E-state index in [0.717, 1.165) is 25.9 Å². The minimum Gasteiger partial charge on any atom is -0.496 e. The topological polar surface area (TPSA) is 50.8 Å². The van der Waals surface area contributed by atoms with Crippen LogP contribution in [-0.2, 0) is 6.42 Å². The van der Waals surface area contributed by atoms with E-state index in [-0.39, 0.29) is 5.91 Å². The standard InChI is InChI=1S/C20H24N2O3/c1-24-17-9-5-10-18(25-2)19(17)20(23)21-12-6-13-22-14-11-15-7-3-4-8-16(15)22/h3-5,7-10H,6,11-14H2,1-2H3,(H,21,23). The number of nitrogens with one attached hydrogen (secondary N) is 1. The number of carbonyl (C=O) groups excluding carboxylic acids is 1. The number of amides is 1. The Balaban J connectivity index is 1.54. The smallest absolute Gasteiger partial charge is 0.258 e. The van der Waals surface area contributed by atoms with Crippen LogP contribution in [0.5, 0.6) is 11.5 Å². The Morgan fingerprint density at radius 1 is 1.08 bits per heavy atom. The van der Waals surface area contributed by atoms with Crippen LogP contribution in [-0.4, -0.2) is 39.8 Å². The van der Waals surface area contributed by atoms with Crippen molar-refractivity contribution in [2.45, 2.75) is 12.8 Å². The number of benzene rings is 2. The van der Waals surface area contributed by atoms with Gasteiger partial charge in [0.1, 0.15) is 17.1 Å². The molecular weight excluding hydrogens is 316 g/mol. The average molecular weight is 340 g/mol. The summed E-state index contributed by atoms with van der Waals surface area (Å²) < 4.78 is 10.6. The van der Waals surface area contributed by atoms with Crippen LogP contribution < -0.4 is 19.7 Å². The molecule has 132 valence electrons. The fraction of sp³-hybridized carbons (Fsp3) is 0.350. The van der Waals surface area contributed by atoms with Crippen molar-refractivity contribution in [3.05, 3.63) is 53.6 Å². The highest BCUT2D eigenvalue weighted by atomic mass is 16.5. The summed E-state index contributed by atoms with van der Waals surface area (Å²) >= 11 is 0. The highest BCUT2D eigenvalue weighted by molar-refractivity contribution is 5.99. The van der Waals surface area contributed by atoms with Crippen LogP contribution in [0.15, 0.2) is 42.5 Å². The third kappa shape index (κ3) is 3.71. The minimum atomic E-state index is -0.170. The number of methoxy groups -OCH3 is 2. The van der Waals surface area contributed by atoms with Crippen molar-refractivity contribution in [3.63, 3.8) is 0 Å². The average Bonchev–Trinajstić information content (AvgIpc) is 3.07. The third-order valence-electron chi connectivity index (χ3n) is 4.53. The van der Waals surface area contributed by atoms with Crippen LogP contribution in [0.2, 0.25) is 0 Å². The van der Waals surface area contributed by atoms with Crippen LogP contribution in [0.4, 0.5) is 5.69 Å². The molecule has 1 heterocycles. The first-order valence-electron chi connectivity index (χ1n) is 8.56. The zero-order valence-electron chi connectivity index (χ0n) is 14.7. The lowest BCUT2D eigenvalue weighted by molar-refractivity contribution is 0.0947. The van der Waals surface area contributed by atoms with Gasteiger partial charge in [0.15, 0.2) is 0 Å². The van der Waals surface area contributed by atoms with E-state index in [2.05, 4.69) is 34.5 Å². The van der Waals surface area contributed by atoms with Gasteiger partial charge in [-0.15, -0.1) is 0 Å². The Hall–Kier alpha value is -2.69. The Morgan fingerprint density at radius 3 is 2.52 bits per heavy atom. The molecule has 1 N–H and O–H groups in total. The van der Waals surface area contributed by atoms with Gasteiger partial charge in [0.05, 0.1) is 14.2 Å². The molecule has 0 spiro atoms. The summed E-state index contributed by atoms with van der Waals surface area (Å²) in [6.07, 6.45) is 1.98. The van der Waals surface area contributed by atoms with Gasteiger partial charge in [-0.3, -0.25) is 4.79 Å². The van der Waals surface area contributed by atoms with Crippen molar-refractivity contribution in [1.82, 2.24) is 5.32 Å². The number of hydrogen-bond acceptors (Lipinski definition) is 4. The monoisotopic (exact) mass is 340 g/mol. The Bertz CT molecular complexity index is 723. The fourth-order valence-corrected chi connectivity index (χ4v) is 3.27. The van der Waals surface area contributed by atoms with Gasteiger partial charge in [-0.25, -0.2) is 0 Å². The zero-order chi connectivity index (χ0) is 17.6. The van der Waals surface area contributed by atoms with E-state index in [9.17, 15) is 4.79 Å². The van der Waals surface area contributed by atoms with E-state index in [4.69, 9.17) is 9.47 Å². The van der Waals surface area contributed by atoms with E-state index >= 15 is 0 Å². The third-order valence-corrected chi connectivity index (χ3v) is 4.53.